The number of ether oxygens (including phenoxy) is 1. The molecule has 1 aromatic carbocycles. The van der Waals surface area contributed by atoms with Crippen LogP contribution in [0.2, 0.25) is 0 Å². The van der Waals surface area contributed by atoms with E-state index in [0.29, 0.717) is 36.6 Å². The SMILES string of the molecule is CCN(C(=O)c1cc(F)ccc1-c1cc(C2CN(C(=O)[C@H]3C4CCC(CC4)N3C(=O)OC(C)(C)C)C2)cn2c(C)nc(F)c12)C(C)C. The summed E-state index contributed by atoms with van der Waals surface area (Å²) in [6, 6.07) is 5.20. The highest BCUT2D eigenvalue weighted by molar-refractivity contribution is 6.03. The number of nitrogens with zero attached hydrogens (tertiary/aromatic N) is 5. The Morgan fingerprint density at radius 1 is 1.04 bits per heavy atom. The molecule has 9 nitrogen and oxygen atoms in total. The number of aryl methyl sites for hydroxylation is 1. The second-order valence-electron chi connectivity index (χ2n) is 14.6. The molecule has 4 aliphatic rings. The molecular formula is C36H45F2N5O4. The summed E-state index contributed by atoms with van der Waals surface area (Å²) in [5.41, 5.74) is 1.40. The van der Waals surface area contributed by atoms with E-state index in [4.69, 9.17) is 4.74 Å². The molecule has 1 aliphatic carbocycles. The van der Waals surface area contributed by atoms with Crippen LogP contribution in [0.4, 0.5) is 13.6 Å². The second-order valence-corrected chi connectivity index (χ2v) is 14.6. The Kier molecular flexibility index (Phi) is 8.55. The quantitative estimate of drug-likeness (QED) is 0.302. The number of carbonyl (C=O) groups is 3. The van der Waals surface area contributed by atoms with Crippen LogP contribution >= 0.6 is 0 Å². The molecule has 2 aromatic heterocycles. The molecule has 3 aromatic rings. The van der Waals surface area contributed by atoms with Crippen LogP contribution in [-0.4, -0.2) is 85.4 Å². The van der Waals surface area contributed by atoms with E-state index in [9.17, 15) is 18.8 Å². The Bertz CT molecular complexity index is 1720. The number of amides is 3. The largest absolute Gasteiger partial charge is 0.444 e. The minimum atomic E-state index is -0.678. The topological polar surface area (TPSA) is 87.5 Å². The van der Waals surface area contributed by atoms with Gasteiger partial charge >= 0.3 is 6.09 Å². The highest BCUT2D eigenvalue weighted by Gasteiger charge is 2.51. The molecule has 0 N–H and O–H groups in total. The molecule has 5 heterocycles. The van der Waals surface area contributed by atoms with Crippen molar-refractivity contribution in [3.63, 3.8) is 0 Å². The van der Waals surface area contributed by atoms with Gasteiger partial charge in [-0.25, -0.2) is 14.2 Å². The van der Waals surface area contributed by atoms with Crippen molar-refractivity contribution in [1.29, 1.82) is 0 Å². The lowest BCUT2D eigenvalue weighted by molar-refractivity contribution is -0.150. The predicted molar refractivity (Wildman–Crippen MR) is 174 cm³/mol. The van der Waals surface area contributed by atoms with Crippen molar-refractivity contribution < 1.29 is 27.9 Å². The number of likely N-dealkylation sites (tertiary alicyclic amines) is 1. The highest BCUT2D eigenvalue weighted by atomic mass is 19.1. The van der Waals surface area contributed by atoms with Gasteiger partial charge in [-0.2, -0.15) is 4.39 Å². The molecule has 252 valence electrons. The van der Waals surface area contributed by atoms with E-state index in [1.165, 1.54) is 18.2 Å². The van der Waals surface area contributed by atoms with E-state index in [1.54, 1.807) is 26.0 Å². The Hall–Kier alpha value is -4.02. The maximum absolute atomic E-state index is 15.4. The number of pyridine rings is 1. The summed E-state index contributed by atoms with van der Waals surface area (Å²) in [7, 11) is 0. The Labute approximate surface area is 274 Å². The first kappa shape index (κ1) is 32.9. The number of rotatable bonds is 6. The first-order valence-electron chi connectivity index (χ1n) is 16.8. The van der Waals surface area contributed by atoms with Crippen LogP contribution in [0.25, 0.3) is 16.6 Å². The van der Waals surface area contributed by atoms with Gasteiger partial charge < -0.3 is 18.9 Å². The third kappa shape index (κ3) is 5.97. The van der Waals surface area contributed by atoms with Gasteiger partial charge in [-0.1, -0.05) is 6.07 Å². The summed E-state index contributed by atoms with van der Waals surface area (Å²) in [4.78, 5) is 50.3. The second kappa shape index (κ2) is 12.2. The lowest BCUT2D eigenvalue weighted by atomic mass is 9.74. The Morgan fingerprint density at radius 2 is 1.72 bits per heavy atom. The lowest BCUT2D eigenvalue weighted by Gasteiger charge is -2.52. The van der Waals surface area contributed by atoms with E-state index in [0.717, 1.165) is 31.2 Å². The molecule has 0 unspecified atom stereocenters. The number of piperidine rings is 2. The summed E-state index contributed by atoms with van der Waals surface area (Å²) in [6.07, 6.45) is 4.98. The van der Waals surface area contributed by atoms with Crippen LogP contribution in [0.1, 0.15) is 94.9 Å². The summed E-state index contributed by atoms with van der Waals surface area (Å²) in [5.74, 6) is -1.17. The van der Waals surface area contributed by atoms with Crippen molar-refractivity contribution in [2.45, 2.75) is 104 Å². The summed E-state index contributed by atoms with van der Waals surface area (Å²) in [5, 5.41) is 0. The van der Waals surface area contributed by atoms with Crippen molar-refractivity contribution >= 4 is 23.4 Å². The van der Waals surface area contributed by atoms with Gasteiger partial charge in [0, 0.05) is 49.4 Å². The Morgan fingerprint density at radius 3 is 2.34 bits per heavy atom. The van der Waals surface area contributed by atoms with Gasteiger partial charge in [-0.05, 0) is 109 Å². The standard InChI is InChI=1S/C36H45F2N5O4/c1-8-41(20(2)3)33(44)29-16-25(37)11-14-27(29)28-15-23(19-42-21(4)39-32(38)31(28)42)24-17-40(18-24)34(45)30-22-9-12-26(13-10-22)43(30)35(46)47-36(5,6)7/h11,14-16,19-20,22,24,26,30H,8-10,12-13,17-18H2,1-7H3/t22?,26?,30-/m1/s1. The van der Waals surface area contributed by atoms with Crippen LogP contribution < -0.4 is 0 Å². The minimum absolute atomic E-state index is 0.00288. The van der Waals surface area contributed by atoms with Gasteiger partial charge in [-0.15, -0.1) is 0 Å². The first-order valence-corrected chi connectivity index (χ1v) is 16.8. The Balaban J connectivity index is 1.32. The number of carbonyl (C=O) groups excluding carboxylic acids is 3. The van der Waals surface area contributed by atoms with Crippen molar-refractivity contribution in [2.24, 2.45) is 5.92 Å². The number of halogens is 2. The van der Waals surface area contributed by atoms with Gasteiger partial charge in [0.2, 0.25) is 11.9 Å². The average molecular weight is 650 g/mol. The number of hydrogen-bond acceptors (Lipinski definition) is 5. The fraction of sp³-hybridized carbons (Fsp3) is 0.556. The third-order valence-corrected chi connectivity index (χ3v) is 10.0. The zero-order valence-corrected chi connectivity index (χ0v) is 28.3. The molecule has 11 heteroatoms. The zero-order valence-electron chi connectivity index (χ0n) is 28.3. The third-order valence-electron chi connectivity index (χ3n) is 10.0. The number of hydrogen-bond donors (Lipinski definition) is 0. The molecule has 2 bridgehead atoms. The fourth-order valence-electron chi connectivity index (χ4n) is 7.69. The number of fused-ring (bicyclic) bond motifs is 4. The molecule has 47 heavy (non-hydrogen) atoms. The predicted octanol–water partition coefficient (Wildman–Crippen LogP) is 6.56. The molecular weight excluding hydrogens is 604 g/mol. The van der Waals surface area contributed by atoms with Crippen LogP contribution in [-0.2, 0) is 9.53 Å². The molecule has 3 saturated heterocycles. The normalized spacial score (nSPS) is 21.4. The zero-order chi connectivity index (χ0) is 33.9. The van der Waals surface area contributed by atoms with E-state index in [-0.39, 0.29) is 46.8 Å². The van der Waals surface area contributed by atoms with Crippen molar-refractivity contribution in [3.05, 3.63) is 59.2 Å². The monoisotopic (exact) mass is 649 g/mol. The van der Waals surface area contributed by atoms with Crippen LogP contribution in [0.15, 0.2) is 30.5 Å². The van der Waals surface area contributed by atoms with E-state index < -0.39 is 29.5 Å². The van der Waals surface area contributed by atoms with E-state index in [1.807, 2.05) is 53.8 Å². The van der Waals surface area contributed by atoms with Crippen molar-refractivity contribution in [1.82, 2.24) is 24.1 Å². The van der Waals surface area contributed by atoms with E-state index >= 15 is 4.39 Å². The van der Waals surface area contributed by atoms with Crippen LogP contribution in [0, 0.1) is 24.6 Å². The molecule has 1 atom stereocenters. The van der Waals surface area contributed by atoms with Crippen molar-refractivity contribution in [3.8, 4) is 11.1 Å². The highest BCUT2D eigenvalue weighted by Crippen LogP contribution is 2.43. The maximum atomic E-state index is 15.4. The van der Waals surface area contributed by atoms with Crippen LogP contribution in [0.5, 0.6) is 0 Å². The number of benzene rings is 1. The van der Waals surface area contributed by atoms with Crippen LogP contribution in [0.3, 0.4) is 0 Å². The van der Waals surface area contributed by atoms with Gasteiger partial charge in [0.05, 0.1) is 5.56 Å². The first-order chi connectivity index (χ1) is 22.2. The van der Waals surface area contributed by atoms with Gasteiger partial charge in [-0.3, -0.25) is 14.5 Å². The smallest absolute Gasteiger partial charge is 0.411 e. The van der Waals surface area contributed by atoms with Crippen molar-refractivity contribution in [2.75, 3.05) is 19.6 Å². The summed E-state index contributed by atoms with van der Waals surface area (Å²) >= 11 is 0. The fourth-order valence-corrected chi connectivity index (χ4v) is 7.69. The van der Waals surface area contributed by atoms with Gasteiger partial charge in [0.1, 0.15) is 28.8 Å². The number of aromatic nitrogens is 2. The summed E-state index contributed by atoms with van der Waals surface area (Å²) < 4.78 is 37.4. The maximum Gasteiger partial charge on any atom is 0.411 e. The lowest BCUT2D eigenvalue weighted by Crippen LogP contribution is -2.65. The van der Waals surface area contributed by atoms with E-state index in [2.05, 4.69) is 4.98 Å². The molecule has 3 amide bonds. The molecule has 4 fully saturated rings. The average Bonchev–Trinajstić information content (AvgIpc) is 3.28. The summed E-state index contributed by atoms with van der Waals surface area (Å²) in [6.45, 7) is 14.2. The van der Waals surface area contributed by atoms with Gasteiger partial charge in [0.15, 0.2) is 0 Å². The molecule has 7 rings (SSSR count). The molecule has 0 spiro atoms. The van der Waals surface area contributed by atoms with Gasteiger partial charge in [0.25, 0.3) is 5.91 Å². The number of imidazole rings is 1. The molecule has 3 aliphatic heterocycles. The minimum Gasteiger partial charge on any atom is -0.444 e. The molecule has 1 saturated carbocycles. The molecule has 0 radical (unpaired) electrons.